The van der Waals surface area contributed by atoms with Gasteiger partial charge in [-0.05, 0) is 12.8 Å². The average molecular weight is 294 g/mol. The molecule has 1 N–H and O–H groups in total. The summed E-state index contributed by atoms with van der Waals surface area (Å²) < 4.78 is 22.8. The van der Waals surface area contributed by atoms with E-state index in [1.54, 1.807) is 20.3 Å². The topological polar surface area (TPSA) is 57.2 Å². The van der Waals surface area contributed by atoms with Gasteiger partial charge in [0.1, 0.15) is 17.2 Å². The molecule has 2 atom stereocenters. The third-order valence-corrected chi connectivity index (χ3v) is 4.59. The van der Waals surface area contributed by atoms with E-state index in [2.05, 4.69) is 0 Å². The molecule has 1 aromatic rings. The van der Waals surface area contributed by atoms with Crippen LogP contribution < -0.4 is 9.47 Å². The Morgan fingerprint density at radius 3 is 2.19 bits per heavy atom. The van der Waals surface area contributed by atoms with Crippen molar-refractivity contribution < 1.29 is 24.1 Å². The van der Waals surface area contributed by atoms with E-state index in [1.165, 1.54) is 0 Å². The molecule has 0 aromatic heterocycles. The van der Waals surface area contributed by atoms with Crippen LogP contribution in [0.3, 0.4) is 0 Å². The number of rotatable bonds is 2. The van der Waals surface area contributed by atoms with Crippen molar-refractivity contribution in [3.05, 3.63) is 17.2 Å². The second-order valence-corrected chi connectivity index (χ2v) is 6.06. The van der Waals surface area contributed by atoms with Gasteiger partial charge in [-0.2, -0.15) is 0 Å². The first kappa shape index (κ1) is 14.5. The third kappa shape index (κ3) is 2.34. The molecule has 2 aliphatic heterocycles. The van der Waals surface area contributed by atoms with Crippen LogP contribution in [0.15, 0.2) is 6.07 Å². The van der Waals surface area contributed by atoms with Crippen LogP contribution in [0, 0.1) is 0 Å². The lowest BCUT2D eigenvalue weighted by Gasteiger charge is -2.39. The molecule has 2 aliphatic rings. The first-order valence-electron chi connectivity index (χ1n) is 7.26. The molecule has 2 heterocycles. The smallest absolute Gasteiger partial charge is 0.207 e. The van der Waals surface area contributed by atoms with Crippen molar-refractivity contribution in [2.75, 3.05) is 14.2 Å². The van der Waals surface area contributed by atoms with E-state index in [4.69, 9.17) is 18.9 Å². The number of ether oxygens (including phenoxy) is 4. The second-order valence-electron chi connectivity index (χ2n) is 6.06. The number of hydrogen-bond acceptors (Lipinski definition) is 5. The quantitative estimate of drug-likeness (QED) is 0.909. The molecule has 2 unspecified atom stereocenters. The van der Waals surface area contributed by atoms with E-state index < -0.39 is 11.6 Å². The van der Waals surface area contributed by atoms with Crippen LogP contribution in [0.5, 0.6) is 17.2 Å². The van der Waals surface area contributed by atoms with Gasteiger partial charge in [0.25, 0.3) is 0 Å². The Morgan fingerprint density at radius 1 is 1.00 bits per heavy atom. The Balaban J connectivity index is 2.06. The molecule has 0 saturated carbocycles. The van der Waals surface area contributed by atoms with Gasteiger partial charge < -0.3 is 24.1 Å². The van der Waals surface area contributed by atoms with Crippen molar-refractivity contribution in [3.63, 3.8) is 0 Å². The number of hydrogen-bond donors (Lipinski definition) is 1. The van der Waals surface area contributed by atoms with E-state index in [1.807, 2.05) is 13.8 Å². The zero-order valence-corrected chi connectivity index (χ0v) is 13.0. The highest BCUT2D eigenvalue weighted by atomic mass is 16.7. The van der Waals surface area contributed by atoms with E-state index in [0.717, 1.165) is 30.4 Å². The van der Waals surface area contributed by atoms with Crippen molar-refractivity contribution in [2.24, 2.45) is 0 Å². The van der Waals surface area contributed by atoms with Crippen LogP contribution in [0.4, 0.5) is 0 Å². The van der Waals surface area contributed by atoms with Crippen LogP contribution in [0.1, 0.15) is 37.8 Å². The minimum Gasteiger partial charge on any atom is -0.507 e. The highest BCUT2D eigenvalue weighted by Crippen LogP contribution is 2.48. The predicted molar refractivity (Wildman–Crippen MR) is 76.8 cm³/mol. The molecule has 0 radical (unpaired) electrons. The van der Waals surface area contributed by atoms with Crippen LogP contribution in [0.25, 0.3) is 0 Å². The highest BCUT2D eigenvalue weighted by molar-refractivity contribution is 5.58. The van der Waals surface area contributed by atoms with Gasteiger partial charge in [0.05, 0.1) is 0 Å². The normalized spacial score (nSPS) is 30.9. The van der Waals surface area contributed by atoms with E-state index in [0.29, 0.717) is 17.9 Å². The van der Waals surface area contributed by atoms with Crippen LogP contribution in [-0.4, -0.2) is 30.9 Å². The standard InChI is InChI=1S/C16H22O5/c1-15(18-3)8-6-11-13(20-15)9-12(17)10-5-7-16(2,19-4)21-14(10)11/h9,17H,5-8H2,1-4H3. The molecule has 0 bridgehead atoms. The Morgan fingerprint density at radius 2 is 1.57 bits per heavy atom. The molecular formula is C16H22O5. The summed E-state index contributed by atoms with van der Waals surface area (Å²) in [5, 5.41) is 10.3. The largest absolute Gasteiger partial charge is 0.507 e. The summed E-state index contributed by atoms with van der Waals surface area (Å²) in [7, 11) is 3.26. The van der Waals surface area contributed by atoms with Crippen molar-refractivity contribution >= 4 is 0 Å². The monoisotopic (exact) mass is 294 g/mol. The molecule has 0 saturated heterocycles. The minimum absolute atomic E-state index is 0.210. The molecule has 0 fully saturated rings. The SMILES string of the molecule is COC1(C)CCc2c(cc(O)c3c2OC(C)(OC)CC3)O1. The first-order chi connectivity index (χ1) is 9.90. The number of benzene rings is 1. The van der Waals surface area contributed by atoms with Crippen molar-refractivity contribution in [1.29, 1.82) is 0 Å². The van der Waals surface area contributed by atoms with Crippen LogP contribution >= 0.6 is 0 Å². The van der Waals surface area contributed by atoms with Gasteiger partial charge in [-0.15, -0.1) is 0 Å². The summed E-state index contributed by atoms with van der Waals surface area (Å²) in [5.41, 5.74) is 1.83. The van der Waals surface area contributed by atoms with Gasteiger partial charge in [0.2, 0.25) is 11.6 Å². The summed E-state index contributed by atoms with van der Waals surface area (Å²) >= 11 is 0. The summed E-state index contributed by atoms with van der Waals surface area (Å²) in [4.78, 5) is 0. The van der Waals surface area contributed by atoms with E-state index in [-0.39, 0.29) is 5.75 Å². The van der Waals surface area contributed by atoms with Gasteiger partial charge in [-0.25, -0.2) is 0 Å². The lowest BCUT2D eigenvalue weighted by molar-refractivity contribution is -0.167. The van der Waals surface area contributed by atoms with Crippen LogP contribution in [0.2, 0.25) is 0 Å². The fourth-order valence-electron chi connectivity index (χ4n) is 2.94. The van der Waals surface area contributed by atoms with Gasteiger partial charge in [0.15, 0.2) is 0 Å². The van der Waals surface area contributed by atoms with Gasteiger partial charge in [0, 0.05) is 58.1 Å². The van der Waals surface area contributed by atoms with Gasteiger partial charge in [-0.3, -0.25) is 0 Å². The number of phenols is 1. The first-order valence-corrected chi connectivity index (χ1v) is 7.26. The van der Waals surface area contributed by atoms with E-state index in [9.17, 15) is 5.11 Å². The number of fused-ring (bicyclic) bond motifs is 3. The average Bonchev–Trinajstić information content (AvgIpc) is 2.47. The molecule has 0 aliphatic carbocycles. The van der Waals surface area contributed by atoms with Crippen molar-refractivity contribution in [3.8, 4) is 17.2 Å². The number of aromatic hydroxyl groups is 1. The highest BCUT2D eigenvalue weighted by Gasteiger charge is 2.39. The summed E-state index contributed by atoms with van der Waals surface area (Å²) in [6.07, 6.45) is 2.95. The molecule has 21 heavy (non-hydrogen) atoms. The molecular weight excluding hydrogens is 272 g/mol. The third-order valence-electron chi connectivity index (χ3n) is 4.59. The molecule has 3 rings (SSSR count). The fraction of sp³-hybridized carbons (Fsp3) is 0.625. The minimum atomic E-state index is -0.660. The molecule has 5 nitrogen and oxygen atoms in total. The number of phenolic OH excluding ortho intramolecular Hbond substituents is 1. The zero-order valence-electron chi connectivity index (χ0n) is 13.0. The zero-order chi connectivity index (χ0) is 15.3. The van der Waals surface area contributed by atoms with Gasteiger partial charge >= 0.3 is 0 Å². The summed E-state index contributed by atoms with van der Waals surface area (Å²) in [6.45, 7) is 3.81. The van der Waals surface area contributed by atoms with Crippen molar-refractivity contribution in [2.45, 2.75) is 51.1 Å². The number of methoxy groups -OCH3 is 2. The lowest BCUT2D eigenvalue weighted by atomic mass is 9.92. The Hall–Kier alpha value is -1.46. The molecule has 5 heteroatoms. The Bertz CT molecular complexity index is 570. The molecule has 0 amide bonds. The van der Waals surface area contributed by atoms with E-state index >= 15 is 0 Å². The van der Waals surface area contributed by atoms with Crippen molar-refractivity contribution in [1.82, 2.24) is 0 Å². The summed E-state index contributed by atoms with van der Waals surface area (Å²) in [6, 6.07) is 1.67. The van der Waals surface area contributed by atoms with Gasteiger partial charge in [-0.1, -0.05) is 0 Å². The van der Waals surface area contributed by atoms with Crippen LogP contribution in [-0.2, 0) is 22.3 Å². The fourth-order valence-corrected chi connectivity index (χ4v) is 2.94. The molecule has 0 spiro atoms. The predicted octanol–water partition coefficient (Wildman–Crippen LogP) is 2.77. The Kier molecular flexibility index (Phi) is 3.30. The maximum Gasteiger partial charge on any atom is 0.207 e. The maximum atomic E-state index is 10.3. The second kappa shape index (κ2) is 4.78. The molecule has 116 valence electrons. The lowest BCUT2D eigenvalue weighted by Crippen LogP contribution is -2.41. The molecule has 1 aromatic carbocycles. The summed E-state index contributed by atoms with van der Waals surface area (Å²) in [5.74, 6) is 0.229. The Labute approximate surface area is 124 Å². The maximum absolute atomic E-state index is 10.3.